The molecule has 2 heteroatoms. The minimum absolute atomic E-state index is 0.742. The lowest BCUT2D eigenvalue weighted by atomic mass is 10.1. The normalized spacial score (nSPS) is 15.0. The van der Waals surface area contributed by atoms with E-state index in [-0.39, 0.29) is 0 Å². The second-order valence-corrected chi connectivity index (χ2v) is 8.83. The predicted molar refractivity (Wildman–Crippen MR) is 53.4 cm³/mol. The molecule has 0 N–H and O–H groups in total. The number of hydrogen-bond acceptors (Lipinski definition) is 1. The van der Waals surface area contributed by atoms with Gasteiger partial charge in [0.25, 0.3) is 0 Å². The van der Waals surface area contributed by atoms with Crippen molar-refractivity contribution in [3.63, 3.8) is 0 Å². The van der Waals surface area contributed by atoms with Gasteiger partial charge in [0.15, 0.2) is 8.32 Å². The summed E-state index contributed by atoms with van der Waals surface area (Å²) in [6.07, 6.45) is 2.57. The minimum Gasteiger partial charge on any atom is -0.417 e. The predicted octanol–water partition coefficient (Wildman–Crippen LogP) is 3.27. The van der Waals surface area contributed by atoms with Crippen molar-refractivity contribution < 1.29 is 4.43 Å². The zero-order valence-corrected chi connectivity index (χ0v) is 9.61. The van der Waals surface area contributed by atoms with Crippen molar-refractivity contribution in [1.29, 1.82) is 0 Å². The van der Waals surface area contributed by atoms with Gasteiger partial charge in [-0.15, -0.1) is 0 Å². The Morgan fingerprint density at radius 3 is 2.18 bits per heavy atom. The van der Waals surface area contributed by atoms with Crippen molar-refractivity contribution in [3.05, 3.63) is 0 Å². The second-order valence-electron chi connectivity index (χ2n) is 4.32. The molecule has 11 heavy (non-hydrogen) atoms. The van der Waals surface area contributed by atoms with Crippen LogP contribution in [0.5, 0.6) is 0 Å². The molecule has 0 saturated heterocycles. The molecule has 0 fully saturated rings. The van der Waals surface area contributed by atoms with Gasteiger partial charge in [0, 0.05) is 6.61 Å². The third-order valence-corrected chi connectivity index (χ3v) is 2.62. The Kier molecular flexibility index (Phi) is 5.02. The fourth-order valence-electron chi connectivity index (χ4n) is 0.968. The molecule has 1 atom stereocenters. The van der Waals surface area contributed by atoms with Gasteiger partial charge in [0.2, 0.25) is 0 Å². The molecule has 1 nitrogen and oxygen atoms in total. The Morgan fingerprint density at radius 2 is 1.82 bits per heavy atom. The van der Waals surface area contributed by atoms with E-state index in [0.717, 1.165) is 12.5 Å². The molecule has 0 bridgehead atoms. The van der Waals surface area contributed by atoms with Crippen LogP contribution in [0.1, 0.15) is 26.7 Å². The highest BCUT2D eigenvalue weighted by Crippen LogP contribution is 2.10. The highest BCUT2D eigenvalue weighted by Gasteiger charge is 2.14. The third-order valence-electron chi connectivity index (χ3n) is 1.58. The van der Waals surface area contributed by atoms with Crippen molar-refractivity contribution in [2.45, 2.75) is 46.3 Å². The first-order chi connectivity index (χ1) is 4.95. The van der Waals surface area contributed by atoms with Crippen LogP contribution in [-0.2, 0) is 4.43 Å². The van der Waals surface area contributed by atoms with Crippen molar-refractivity contribution in [3.8, 4) is 0 Å². The molecule has 0 aliphatic heterocycles. The van der Waals surface area contributed by atoms with E-state index in [0.29, 0.717) is 0 Å². The summed E-state index contributed by atoms with van der Waals surface area (Å²) in [5.74, 6) is 0.742. The van der Waals surface area contributed by atoms with Gasteiger partial charge < -0.3 is 4.43 Å². The molecule has 0 aromatic carbocycles. The molecule has 1 unspecified atom stereocenters. The van der Waals surface area contributed by atoms with Crippen LogP contribution >= 0.6 is 0 Å². The van der Waals surface area contributed by atoms with Gasteiger partial charge in [-0.3, -0.25) is 0 Å². The molecule has 0 amide bonds. The van der Waals surface area contributed by atoms with E-state index in [2.05, 4.69) is 33.5 Å². The summed E-state index contributed by atoms with van der Waals surface area (Å²) in [6.45, 7) is 12.2. The molecule has 0 spiro atoms. The topological polar surface area (TPSA) is 9.23 Å². The zero-order chi connectivity index (χ0) is 8.91. The lowest BCUT2D eigenvalue weighted by molar-refractivity contribution is 0.245. The van der Waals surface area contributed by atoms with Gasteiger partial charge in [-0.2, -0.15) is 0 Å². The number of rotatable bonds is 5. The Hall–Kier alpha value is 0.177. The van der Waals surface area contributed by atoms with Gasteiger partial charge in [0.05, 0.1) is 0 Å². The van der Waals surface area contributed by atoms with Crippen LogP contribution in [0.15, 0.2) is 0 Å². The van der Waals surface area contributed by atoms with E-state index in [1.54, 1.807) is 0 Å². The average molecular weight is 174 g/mol. The van der Waals surface area contributed by atoms with Crippen LogP contribution in [0, 0.1) is 5.92 Å². The fraction of sp³-hybridized carbons (Fsp3) is 1.00. The largest absolute Gasteiger partial charge is 0.417 e. The van der Waals surface area contributed by atoms with Gasteiger partial charge >= 0.3 is 0 Å². The van der Waals surface area contributed by atoms with Gasteiger partial charge in [-0.1, -0.05) is 20.3 Å². The summed E-state index contributed by atoms with van der Waals surface area (Å²) in [7, 11) is -1.25. The van der Waals surface area contributed by atoms with Crippen molar-refractivity contribution >= 4 is 8.32 Å². The van der Waals surface area contributed by atoms with E-state index >= 15 is 0 Å². The monoisotopic (exact) mass is 174 g/mol. The van der Waals surface area contributed by atoms with Crippen molar-refractivity contribution in [2.75, 3.05) is 6.61 Å². The molecule has 0 rings (SSSR count). The molecule has 0 heterocycles. The molecule has 0 radical (unpaired) electrons. The van der Waals surface area contributed by atoms with Crippen LogP contribution in [0.3, 0.4) is 0 Å². The fourth-order valence-corrected chi connectivity index (χ4v) is 1.75. The molecule has 0 saturated carbocycles. The first-order valence-corrected chi connectivity index (χ1v) is 8.00. The minimum atomic E-state index is -1.25. The van der Waals surface area contributed by atoms with Gasteiger partial charge in [-0.25, -0.2) is 0 Å². The van der Waals surface area contributed by atoms with E-state index < -0.39 is 8.32 Å². The van der Waals surface area contributed by atoms with Crippen LogP contribution < -0.4 is 0 Å². The highest BCUT2D eigenvalue weighted by atomic mass is 28.4. The van der Waals surface area contributed by atoms with Crippen molar-refractivity contribution in [2.24, 2.45) is 5.92 Å². The van der Waals surface area contributed by atoms with Crippen LogP contribution in [0.25, 0.3) is 0 Å². The van der Waals surface area contributed by atoms with Crippen molar-refractivity contribution in [1.82, 2.24) is 0 Å². The molecule has 0 aliphatic carbocycles. The standard InChI is InChI=1S/C9H22OSi/c1-6-7-9(2)8-10-11(3,4)5/h9H,6-8H2,1-5H3. The Morgan fingerprint density at radius 1 is 1.27 bits per heavy atom. The lowest BCUT2D eigenvalue weighted by Crippen LogP contribution is -2.27. The third kappa shape index (κ3) is 8.08. The Balaban J connectivity index is 3.38. The SMILES string of the molecule is CCCC(C)CO[Si](C)(C)C. The maximum absolute atomic E-state index is 5.78. The molecular weight excluding hydrogens is 152 g/mol. The summed E-state index contributed by atoms with van der Waals surface area (Å²) in [4.78, 5) is 0. The summed E-state index contributed by atoms with van der Waals surface area (Å²) >= 11 is 0. The quantitative estimate of drug-likeness (QED) is 0.581. The Labute approximate surface area is 72.3 Å². The highest BCUT2D eigenvalue weighted by molar-refractivity contribution is 6.69. The molecule has 0 aromatic heterocycles. The molecular formula is C9H22OSi. The second kappa shape index (κ2) is 4.94. The first kappa shape index (κ1) is 11.2. The first-order valence-electron chi connectivity index (χ1n) is 4.59. The summed E-state index contributed by atoms with van der Waals surface area (Å²) in [5.41, 5.74) is 0. The van der Waals surface area contributed by atoms with E-state index in [9.17, 15) is 0 Å². The lowest BCUT2D eigenvalue weighted by Gasteiger charge is -2.20. The molecule has 68 valence electrons. The summed E-state index contributed by atoms with van der Waals surface area (Å²) < 4.78 is 5.78. The molecule has 0 aliphatic rings. The molecule has 0 aromatic rings. The van der Waals surface area contributed by atoms with Crippen LogP contribution in [0.4, 0.5) is 0 Å². The smallest absolute Gasteiger partial charge is 0.183 e. The van der Waals surface area contributed by atoms with Crippen LogP contribution in [0.2, 0.25) is 19.6 Å². The van der Waals surface area contributed by atoms with Gasteiger partial charge in [-0.05, 0) is 32.0 Å². The Bertz CT molecular complexity index is 96.2. The number of hydrogen-bond donors (Lipinski definition) is 0. The maximum atomic E-state index is 5.78. The maximum Gasteiger partial charge on any atom is 0.183 e. The van der Waals surface area contributed by atoms with E-state index in [1.807, 2.05) is 0 Å². The van der Waals surface area contributed by atoms with E-state index in [1.165, 1.54) is 12.8 Å². The summed E-state index contributed by atoms with van der Waals surface area (Å²) in [6, 6.07) is 0. The van der Waals surface area contributed by atoms with E-state index in [4.69, 9.17) is 4.43 Å². The van der Waals surface area contributed by atoms with Gasteiger partial charge in [0.1, 0.15) is 0 Å². The average Bonchev–Trinajstić information content (AvgIpc) is 1.83. The zero-order valence-electron chi connectivity index (χ0n) is 8.61. The van der Waals surface area contributed by atoms with Crippen LogP contribution in [-0.4, -0.2) is 14.9 Å². The summed E-state index contributed by atoms with van der Waals surface area (Å²) in [5, 5.41) is 0.